The number of benzene rings is 3. The van der Waals surface area contributed by atoms with Crippen LogP contribution in [-0.2, 0) is 12.8 Å². The molecule has 3 aromatic carbocycles. The first kappa shape index (κ1) is 17.0. The van der Waals surface area contributed by atoms with Gasteiger partial charge in [0, 0.05) is 0 Å². The van der Waals surface area contributed by atoms with Crippen LogP contribution in [0.15, 0.2) is 36.4 Å². The van der Waals surface area contributed by atoms with Gasteiger partial charge in [-0.05, 0) is 83.3 Å². The Morgan fingerprint density at radius 1 is 0.667 bits per heavy atom. The lowest BCUT2D eigenvalue weighted by molar-refractivity contribution is 0.758. The minimum atomic E-state index is 1.21. The highest BCUT2D eigenvalue weighted by atomic mass is 14.2. The topological polar surface area (TPSA) is 0 Å². The molecule has 0 bridgehead atoms. The summed E-state index contributed by atoms with van der Waals surface area (Å²) in [5.41, 5.74) is 6.26. The van der Waals surface area contributed by atoms with E-state index in [0.29, 0.717) is 0 Å². The van der Waals surface area contributed by atoms with E-state index < -0.39 is 0 Å². The third-order valence-electron chi connectivity index (χ3n) is 5.57. The third kappa shape index (κ3) is 2.95. The molecule has 0 aliphatic rings. The molecule has 0 aliphatic carbocycles. The lowest BCUT2D eigenvalue weighted by Crippen LogP contribution is -2.03. The van der Waals surface area contributed by atoms with Crippen LogP contribution in [0, 0.1) is 13.8 Å². The summed E-state index contributed by atoms with van der Waals surface area (Å²) >= 11 is 0. The fourth-order valence-electron chi connectivity index (χ4n) is 4.06. The molecule has 0 fully saturated rings. The van der Waals surface area contributed by atoms with Crippen molar-refractivity contribution < 1.29 is 0 Å². The summed E-state index contributed by atoms with van der Waals surface area (Å²) in [4.78, 5) is 0. The number of aryl methyl sites for hydroxylation is 2. The van der Waals surface area contributed by atoms with Crippen molar-refractivity contribution in [2.45, 2.75) is 66.2 Å². The molecule has 3 aromatic rings. The average molecular weight is 319 g/mol. The fourth-order valence-corrected chi connectivity index (χ4v) is 4.06. The van der Waals surface area contributed by atoms with Gasteiger partial charge in [0.15, 0.2) is 0 Å². The van der Waals surface area contributed by atoms with Crippen molar-refractivity contribution >= 4 is 21.5 Å². The molecule has 0 unspecified atom stereocenters. The number of hydrogen-bond acceptors (Lipinski definition) is 0. The first-order valence-corrected chi connectivity index (χ1v) is 9.61. The van der Waals surface area contributed by atoms with E-state index in [9.17, 15) is 0 Å². The molecule has 0 N–H and O–H groups in total. The Bertz CT molecular complexity index is 855. The van der Waals surface area contributed by atoms with Crippen LogP contribution in [0.5, 0.6) is 0 Å². The van der Waals surface area contributed by atoms with Crippen LogP contribution in [0.3, 0.4) is 0 Å². The third-order valence-corrected chi connectivity index (χ3v) is 5.57. The van der Waals surface area contributed by atoms with Crippen molar-refractivity contribution in [3.63, 3.8) is 0 Å². The molecule has 0 saturated heterocycles. The van der Waals surface area contributed by atoms with Gasteiger partial charge in [-0.15, -0.1) is 0 Å². The van der Waals surface area contributed by atoms with Crippen molar-refractivity contribution in [2.75, 3.05) is 0 Å². The van der Waals surface area contributed by atoms with E-state index in [0.717, 1.165) is 0 Å². The van der Waals surface area contributed by atoms with Crippen LogP contribution in [-0.4, -0.2) is 0 Å². The van der Waals surface area contributed by atoms with Crippen molar-refractivity contribution in [3.8, 4) is 0 Å². The predicted octanol–water partition coefficient (Wildman–Crippen LogP) is 7.30. The molecule has 0 amide bonds. The molecule has 0 heterocycles. The average Bonchev–Trinajstić information content (AvgIpc) is 2.62. The summed E-state index contributed by atoms with van der Waals surface area (Å²) in [6.45, 7) is 9.26. The molecule has 0 saturated carbocycles. The largest absolute Gasteiger partial charge is 0.0654 e. The zero-order valence-electron chi connectivity index (χ0n) is 15.7. The summed E-state index contributed by atoms with van der Waals surface area (Å²) in [6, 6.07) is 13.5. The molecule has 126 valence electrons. The van der Waals surface area contributed by atoms with Gasteiger partial charge in [0.1, 0.15) is 0 Å². The van der Waals surface area contributed by atoms with Gasteiger partial charge in [0.25, 0.3) is 0 Å². The van der Waals surface area contributed by atoms with Gasteiger partial charge in [-0.3, -0.25) is 0 Å². The summed E-state index contributed by atoms with van der Waals surface area (Å²) in [5, 5.41) is 5.75. The van der Waals surface area contributed by atoms with E-state index in [-0.39, 0.29) is 0 Å². The Morgan fingerprint density at radius 3 is 2.04 bits per heavy atom. The van der Waals surface area contributed by atoms with Crippen LogP contribution in [0.2, 0.25) is 0 Å². The van der Waals surface area contributed by atoms with E-state index in [1.54, 1.807) is 11.1 Å². The summed E-state index contributed by atoms with van der Waals surface area (Å²) in [6.07, 6.45) is 7.54. The van der Waals surface area contributed by atoms with Crippen LogP contribution in [0.1, 0.15) is 61.8 Å². The highest BCUT2D eigenvalue weighted by Gasteiger charge is 2.15. The second-order valence-corrected chi connectivity index (χ2v) is 7.12. The van der Waals surface area contributed by atoms with Crippen molar-refractivity contribution in [3.05, 3.63) is 58.7 Å². The highest BCUT2D eigenvalue weighted by molar-refractivity contribution is 6.10. The highest BCUT2D eigenvalue weighted by Crippen LogP contribution is 2.36. The molecule has 0 aromatic heterocycles. The molecule has 24 heavy (non-hydrogen) atoms. The standard InChI is InChI=1S/C24H30/c1-5-7-12-20-17(3)18(4)24-21-14-10-9-11-19(21)15-16-23(24)22(20)13-8-6-2/h9-11,14-16H,5-8,12-13H2,1-4H3. The Kier molecular flexibility index (Phi) is 5.23. The van der Waals surface area contributed by atoms with Gasteiger partial charge < -0.3 is 0 Å². The van der Waals surface area contributed by atoms with Gasteiger partial charge in [-0.2, -0.15) is 0 Å². The Morgan fingerprint density at radius 2 is 1.33 bits per heavy atom. The molecule has 0 heteroatoms. The van der Waals surface area contributed by atoms with E-state index >= 15 is 0 Å². The second-order valence-electron chi connectivity index (χ2n) is 7.12. The Hall–Kier alpha value is -1.82. The van der Waals surface area contributed by atoms with Gasteiger partial charge in [-0.1, -0.05) is 63.1 Å². The lowest BCUT2D eigenvalue weighted by atomic mass is 9.84. The molecular weight excluding hydrogens is 288 g/mol. The fraction of sp³-hybridized carbons (Fsp3) is 0.417. The van der Waals surface area contributed by atoms with Crippen LogP contribution < -0.4 is 0 Å². The van der Waals surface area contributed by atoms with Crippen molar-refractivity contribution in [2.24, 2.45) is 0 Å². The summed E-state index contributed by atoms with van der Waals surface area (Å²) in [7, 11) is 0. The zero-order valence-corrected chi connectivity index (χ0v) is 15.7. The molecule has 3 rings (SSSR count). The molecule has 0 aliphatic heterocycles. The van der Waals surface area contributed by atoms with Gasteiger partial charge >= 0.3 is 0 Å². The summed E-state index contributed by atoms with van der Waals surface area (Å²) in [5.74, 6) is 0. The van der Waals surface area contributed by atoms with Crippen LogP contribution >= 0.6 is 0 Å². The quantitative estimate of drug-likeness (QED) is 0.418. The molecule has 0 nitrogen and oxygen atoms in total. The zero-order chi connectivity index (χ0) is 17.1. The molecule has 0 radical (unpaired) electrons. The lowest BCUT2D eigenvalue weighted by Gasteiger charge is -2.20. The minimum absolute atomic E-state index is 1.21. The SMILES string of the molecule is CCCCc1c(C)c(C)c2c(ccc3ccccc32)c1CCCC. The molecule has 0 atom stereocenters. The monoisotopic (exact) mass is 318 g/mol. The molecular formula is C24H30. The van der Waals surface area contributed by atoms with E-state index in [1.807, 2.05) is 0 Å². The van der Waals surface area contributed by atoms with Crippen LogP contribution in [0.4, 0.5) is 0 Å². The van der Waals surface area contributed by atoms with E-state index in [1.165, 1.54) is 71.2 Å². The maximum absolute atomic E-state index is 2.38. The van der Waals surface area contributed by atoms with Crippen molar-refractivity contribution in [1.82, 2.24) is 0 Å². The van der Waals surface area contributed by atoms with E-state index in [2.05, 4.69) is 64.1 Å². The Balaban J connectivity index is 2.35. The first-order valence-electron chi connectivity index (χ1n) is 9.61. The number of rotatable bonds is 6. The normalized spacial score (nSPS) is 11.5. The van der Waals surface area contributed by atoms with Gasteiger partial charge in [0.2, 0.25) is 0 Å². The van der Waals surface area contributed by atoms with Gasteiger partial charge in [-0.25, -0.2) is 0 Å². The van der Waals surface area contributed by atoms with Crippen molar-refractivity contribution in [1.29, 1.82) is 0 Å². The van der Waals surface area contributed by atoms with Crippen LogP contribution in [0.25, 0.3) is 21.5 Å². The smallest absolute Gasteiger partial charge is 0.00705 e. The number of unbranched alkanes of at least 4 members (excludes halogenated alkanes) is 2. The maximum atomic E-state index is 2.38. The number of hydrogen-bond donors (Lipinski definition) is 0. The molecule has 0 spiro atoms. The maximum Gasteiger partial charge on any atom is -0.00705 e. The predicted molar refractivity (Wildman–Crippen MR) is 108 cm³/mol. The first-order chi connectivity index (χ1) is 11.7. The number of fused-ring (bicyclic) bond motifs is 3. The van der Waals surface area contributed by atoms with Gasteiger partial charge in [0.05, 0.1) is 0 Å². The van der Waals surface area contributed by atoms with E-state index in [4.69, 9.17) is 0 Å². The summed E-state index contributed by atoms with van der Waals surface area (Å²) < 4.78 is 0. The second kappa shape index (κ2) is 7.38. The Labute approximate surface area is 146 Å². The minimum Gasteiger partial charge on any atom is -0.0654 e.